The number of carbonyl (C=O) groups is 1. The highest BCUT2D eigenvalue weighted by Crippen LogP contribution is 2.21. The second kappa shape index (κ2) is 4.45. The fraction of sp³-hybridized carbons (Fsp3) is 0.889. The lowest BCUT2D eigenvalue weighted by molar-refractivity contribution is -0.141. The van der Waals surface area contributed by atoms with Gasteiger partial charge in [0.15, 0.2) is 0 Å². The van der Waals surface area contributed by atoms with Gasteiger partial charge in [0.05, 0.1) is 13.5 Å². The molecule has 3 heteroatoms. The van der Waals surface area contributed by atoms with E-state index in [4.69, 9.17) is 0 Å². The van der Waals surface area contributed by atoms with E-state index in [-0.39, 0.29) is 17.4 Å². The summed E-state index contributed by atoms with van der Waals surface area (Å²) in [7, 11) is 3.27. The Morgan fingerprint density at radius 3 is 2.25 bits per heavy atom. The Morgan fingerprint density at radius 1 is 1.50 bits per heavy atom. The molecule has 0 bridgehead atoms. The Kier molecular flexibility index (Phi) is 4.24. The summed E-state index contributed by atoms with van der Waals surface area (Å²) in [6, 6.07) is 0.171. The average Bonchev–Trinajstić information content (AvgIpc) is 1.97. The van der Waals surface area contributed by atoms with E-state index in [0.29, 0.717) is 6.42 Å². The zero-order chi connectivity index (χ0) is 9.78. The van der Waals surface area contributed by atoms with Crippen LogP contribution in [0.3, 0.4) is 0 Å². The van der Waals surface area contributed by atoms with E-state index in [1.165, 1.54) is 7.11 Å². The summed E-state index contributed by atoms with van der Waals surface area (Å²) in [5, 5.41) is 3.11. The van der Waals surface area contributed by atoms with E-state index in [2.05, 4.69) is 30.8 Å². The van der Waals surface area contributed by atoms with Crippen molar-refractivity contribution >= 4 is 5.97 Å². The van der Waals surface area contributed by atoms with Gasteiger partial charge >= 0.3 is 5.97 Å². The minimum absolute atomic E-state index is 0.0862. The third kappa shape index (κ3) is 3.72. The second-order valence-corrected chi connectivity index (χ2v) is 3.99. The number of methoxy groups -OCH3 is 1. The molecule has 0 saturated carbocycles. The first-order chi connectivity index (χ1) is 5.41. The molecular formula is C9H19NO2. The number of nitrogens with one attached hydrogen (secondary N) is 1. The number of carbonyl (C=O) groups excluding carboxylic acids is 1. The van der Waals surface area contributed by atoms with Crippen molar-refractivity contribution in [3.63, 3.8) is 0 Å². The van der Waals surface area contributed by atoms with Crippen LogP contribution in [0.5, 0.6) is 0 Å². The Morgan fingerprint density at radius 2 is 2.00 bits per heavy atom. The van der Waals surface area contributed by atoms with Crippen molar-refractivity contribution in [2.75, 3.05) is 14.2 Å². The molecule has 0 heterocycles. The van der Waals surface area contributed by atoms with Gasteiger partial charge in [0, 0.05) is 6.04 Å². The van der Waals surface area contributed by atoms with Crippen molar-refractivity contribution in [1.29, 1.82) is 0 Å². The van der Waals surface area contributed by atoms with Gasteiger partial charge in [-0.1, -0.05) is 20.8 Å². The van der Waals surface area contributed by atoms with Crippen LogP contribution in [0.1, 0.15) is 27.2 Å². The largest absolute Gasteiger partial charge is 0.469 e. The Hall–Kier alpha value is -0.570. The SMILES string of the molecule is CNC(CC(=O)OC)C(C)(C)C. The molecule has 0 amide bonds. The molecule has 0 radical (unpaired) electrons. The third-order valence-corrected chi connectivity index (χ3v) is 1.99. The maximum atomic E-state index is 11.0. The van der Waals surface area contributed by atoms with Crippen LogP contribution in [0.2, 0.25) is 0 Å². The van der Waals surface area contributed by atoms with Crippen LogP contribution in [0, 0.1) is 5.41 Å². The van der Waals surface area contributed by atoms with Gasteiger partial charge in [-0.05, 0) is 12.5 Å². The van der Waals surface area contributed by atoms with Crippen LogP contribution in [0.25, 0.3) is 0 Å². The van der Waals surface area contributed by atoms with Crippen LogP contribution in [-0.4, -0.2) is 26.2 Å². The van der Waals surface area contributed by atoms with Gasteiger partial charge in [-0.2, -0.15) is 0 Å². The molecule has 0 fully saturated rings. The van der Waals surface area contributed by atoms with Crippen LogP contribution < -0.4 is 5.32 Å². The fourth-order valence-corrected chi connectivity index (χ4v) is 1.09. The molecule has 0 aromatic rings. The lowest BCUT2D eigenvalue weighted by Crippen LogP contribution is -2.39. The summed E-state index contributed by atoms with van der Waals surface area (Å²) < 4.78 is 4.60. The zero-order valence-electron chi connectivity index (χ0n) is 8.60. The van der Waals surface area contributed by atoms with E-state index in [1.807, 2.05) is 7.05 Å². The summed E-state index contributed by atoms with van der Waals surface area (Å²) in [4.78, 5) is 11.0. The normalized spacial score (nSPS) is 14.1. The number of hydrogen-bond acceptors (Lipinski definition) is 3. The highest BCUT2D eigenvalue weighted by Gasteiger charge is 2.25. The van der Waals surface area contributed by atoms with Crippen LogP contribution >= 0.6 is 0 Å². The minimum atomic E-state index is -0.163. The first-order valence-corrected chi connectivity index (χ1v) is 4.16. The predicted octanol–water partition coefficient (Wildman–Crippen LogP) is 1.18. The molecule has 3 nitrogen and oxygen atoms in total. The monoisotopic (exact) mass is 173 g/mol. The molecule has 1 unspecified atom stereocenters. The van der Waals surface area contributed by atoms with Gasteiger partial charge < -0.3 is 10.1 Å². The average molecular weight is 173 g/mol. The molecule has 0 aliphatic rings. The van der Waals surface area contributed by atoms with E-state index in [1.54, 1.807) is 0 Å². The maximum Gasteiger partial charge on any atom is 0.307 e. The molecule has 0 aromatic heterocycles. The molecule has 0 saturated heterocycles. The Labute approximate surface area is 74.5 Å². The van der Waals surface area contributed by atoms with Crippen molar-refractivity contribution in [2.45, 2.75) is 33.2 Å². The third-order valence-electron chi connectivity index (χ3n) is 1.99. The van der Waals surface area contributed by atoms with Gasteiger partial charge in [-0.25, -0.2) is 0 Å². The van der Waals surface area contributed by atoms with Gasteiger partial charge in [0.2, 0.25) is 0 Å². The molecule has 0 rings (SSSR count). The lowest BCUT2D eigenvalue weighted by atomic mass is 9.85. The van der Waals surface area contributed by atoms with E-state index in [9.17, 15) is 4.79 Å². The van der Waals surface area contributed by atoms with E-state index in [0.717, 1.165) is 0 Å². The molecule has 0 aliphatic heterocycles. The first-order valence-electron chi connectivity index (χ1n) is 4.16. The number of rotatable bonds is 3. The van der Waals surface area contributed by atoms with Crippen molar-refractivity contribution < 1.29 is 9.53 Å². The van der Waals surface area contributed by atoms with Gasteiger partial charge in [0.25, 0.3) is 0 Å². The smallest absolute Gasteiger partial charge is 0.307 e. The molecule has 72 valence electrons. The Balaban J connectivity index is 4.09. The molecule has 1 atom stereocenters. The van der Waals surface area contributed by atoms with Crippen LogP contribution in [-0.2, 0) is 9.53 Å². The number of hydrogen-bond donors (Lipinski definition) is 1. The Bertz CT molecular complexity index is 149. The zero-order valence-corrected chi connectivity index (χ0v) is 8.60. The lowest BCUT2D eigenvalue weighted by Gasteiger charge is -2.29. The summed E-state index contributed by atoms with van der Waals surface area (Å²) in [5.41, 5.74) is 0.0862. The summed E-state index contributed by atoms with van der Waals surface area (Å²) in [6.07, 6.45) is 0.427. The van der Waals surface area contributed by atoms with Gasteiger partial charge in [-0.15, -0.1) is 0 Å². The van der Waals surface area contributed by atoms with Crippen molar-refractivity contribution in [3.8, 4) is 0 Å². The second-order valence-electron chi connectivity index (χ2n) is 3.99. The maximum absolute atomic E-state index is 11.0. The summed E-state index contributed by atoms with van der Waals surface area (Å²) in [6.45, 7) is 6.28. The molecule has 1 N–H and O–H groups in total. The summed E-state index contributed by atoms with van der Waals surface area (Å²) in [5.74, 6) is -0.163. The highest BCUT2D eigenvalue weighted by molar-refractivity contribution is 5.70. The predicted molar refractivity (Wildman–Crippen MR) is 48.9 cm³/mol. The molecule has 0 aromatic carbocycles. The standard InChI is InChI=1S/C9H19NO2/c1-9(2,3)7(10-4)6-8(11)12-5/h7,10H,6H2,1-5H3. The van der Waals surface area contributed by atoms with E-state index >= 15 is 0 Å². The number of esters is 1. The first kappa shape index (κ1) is 11.4. The molecule has 12 heavy (non-hydrogen) atoms. The van der Waals surface area contributed by atoms with Gasteiger partial charge in [-0.3, -0.25) is 4.79 Å². The van der Waals surface area contributed by atoms with Crippen LogP contribution in [0.4, 0.5) is 0 Å². The minimum Gasteiger partial charge on any atom is -0.469 e. The van der Waals surface area contributed by atoms with Crippen molar-refractivity contribution in [2.24, 2.45) is 5.41 Å². The summed E-state index contributed by atoms with van der Waals surface area (Å²) >= 11 is 0. The van der Waals surface area contributed by atoms with Crippen LogP contribution in [0.15, 0.2) is 0 Å². The quantitative estimate of drug-likeness (QED) is 0.651. The number of ether oxygens (including phenoxy) is 1. The topological polar surface area (TPSA) is 38.3 Å². The van der Waals surface area contributed by atoms with Gasteiger partial charge in [0.1, 0.15) is 0 Å². The molecule has 0 spiro atoms. The van der Waals surface area contributed by atoms with Crippen molar-refractivity contribution in [3.05, 3.63) is 0 Å². The molecule has 0 aliphatic carbocycles. The fourth-order valence-electron chi connectivity index (χ4n) is 1.09. The highest BCUT2D eigenvalue weighted by atomic mass is 16.5. The van der Waals surface area contributed by atoms with Crippen molar-refractivity contribution in [1.82, 2.24) is 5.32 Å². The molecular weight excluding hydrogens is 154 g/mol. The van der Waals surface area contributed by atoms with E-state index < -0.39 is 0 Å².